The highest BCUT2D eigenvalue weighted by Gasteiger charge is 2.00. The van der Waals surface area contributed by atoms with Crippen molar-refractivity contribution in [1.29, 1.82) is 0 Å². The summed E-state index contributed by atoms with van der Waals surface area (Å²) in [5, 5.41) is 12.6. The van der Waals surface area contributed by atoms with E-state index in [1.807, 2.05) is 6.92 Å². The molecule has 1 aromatic rings. The second-order valence-electron chi connectivity index (χ2n) is 3.10. The van der Waals surface area contributed by atoms with Gasteiger partial charge in [0.15, 0.2) is 0 Å². The Morgan fingerprint density at radius 1 is 1.47 bits per heavy atom. The van der Waals surface area contributed by atoms with Gasteiger partial charge in [-0.3, -0.25) is 5.43 Å². The molecule has 78 valence electrons. The number of carboxylic acid groups (broad SMARTS) is 1. The summed E-state index contributed by atoms with van der Waals surface area (Å²) in [6.07, 6.45) is 1.59. The van der Waals surface area contributed by atoms with Gasteiger partial charge in [0.1, 0.15) is 0 Å². The molecule has 0 aliphatic heterocycles. The lowest BCUT2D eigenvalue weighted by Crippen LogP contribution is -1.96. The Balaban J connectivity index is 2.65. The fourth-order valence-electron chi connectivity index (χ4n) is 0.904. The molecule has 4 heteroatoms. The molecule has 1 rings (SSSR count). The van der Waals surface area contributed by atoms with Crippen LogP contribution in [0.1, 0.15) is 17.3 Å². The zero-order valence-electron chi connectivity index (χ0n) is 8.40. The molecular weight excluding hydrogens is 192 g/mol. The minimum Gasteiger partial charge on any atom is -0.478 e. The number of carboxylic acids is 1. The van der Waals surface area contributed by atoms with E-state index in [0.29, 0.717) is 0 Å². The predicted octanol–water partition coefficient (Wildman–Crippen LogP) is 2.36. The monoisotopic (exact) mass is 204 g/mol. The number of rotatable bonds is 4. The summed E-state index contributed by atoms with van der Waals surface area (Å²) in [6, 6.07) is 6.33. The van der Waals surface area contributed by atoms with Gasteiger partial charge in [-0.05, 0) is 36.8 Å². The van der Waals surface area contributed by atoms with Crippen LogP contribution in [0.25, 0.3) is 0 Å². The van der Waals surface area contributed by atoms with Crippen molar-refractivity contribution in [2.45, 2.75) is 6.92 Å². The van der Waals surface area contributed by atoms with Crippen LogP contribution in [0.15, 0.2) is 41.5 Å². The largest absolute Gasteiger partial charge is 0.478 e. The molecule has 0 saturated heterocycles. The molecule has 15 heavy (non-hydrogen) atoms. The fraction of sp³-hybridized carbons (Fsp3) is 0.0909. The molecule has 0 radical (unpaired) electrons. The highest BCUT2D eigenvalue weighted by Crippen LogP contribution is 2.09. The molecule has 0 bridgehead atoms. The van der Waals surface area contributed by atoms with Crippen molar-refractivity contribution in [3.63, 3.8) is 0 Å². The third kappa shape index (κ3) is 3.64. The van der Waals surface area contributed by atoms with E-state index in [-0.39, 0.29) is 5.56 Å². The van der Waals surface area contributed by atoms with Crippen LogP contribution in [0.5, 0.6) is 0 Å². The molecule has 2 N–H and O–H groups in total. The van der Waals surface area contributed by atoms with Crippen LogP contribution in [0.3, 0.4) is 0 Å². The quantitative estimate of drug-likeness (QED) is 0.584. The summed E-state index contributed by atoms with van der Waals surface area (Å²) in [7, 11) is 0. The van der Waals surface area contributed by atoms with Gasteiger partial charge in [0, 0.05) is 6.21 Å². The highest BCUT2D eigenvalue weighted by atomic mass is 16.4. The number of nitrogens with one attached hydrogen (secondary N) is 1. The molecule has 0 amide bonds. The first-order valence-corrected chi connectivity index (χ1v) is 4.37. The minimum absolute atomic E-state index is 0.254. The first kappa shape index (κ1) is 11.0. The molecule has 0 saturated carbocycles. The maximum Gasteiger partial charge on any atom is 0.335 e. The first-order valence-electron chi connectivity index (χ1n) is 4.37. The molecule has 0 aliphatic carbocycles. The number of aromatic carboxylic acids is 1. The van der Waals surface area contributed by atoms with Crippen LogP contribution in [0.2, 0.25) is 0 Å². The number of anilines is 1. The van der Waals surface area contributed by atoms with Crippen molar-refractivity contribution in [3.8, 4) is 0 Å². The van der Waals surface area contributed by atoms with Crippen molar-refractivity contribution in [1.82, 2.24) is 0 Å². The van der Waals surface area contributed by atoms with Gasteiger partial charge in [-0.2, -0.15) is 5.10 Å². The van der Waals surface area contributed by atoms with E-state index in [4.69, 9.17) is 5.11 Å². The van der Waals surface area contributed by atoms with Crippen LogP contribution in [0.4, 0.5) is 5.69 Å². The second kappa shape index (κ2) is 4.95. The molecule has 0 aliphatic rings. The van der Waals surface area contributed by atoms with Crippen molar-refractivity contribution < 1.29 is 9.90 Å². The van der Waals surface area contributed by atoms with E-state index in [1.54, 1.807) is 18.3 Å². The van der Waals surface area contributed by atoms with Crippen LogP contribution < -0.4 is 5.43 Å². The van der Waals surface area contributed by atoms with Gasteiger partial charge in [-0.1, -0.05) is 6.58 Å². The number of nitrogens with zero attached hydrogens (tertiary/aromatic N) is 1. The Hall–Kier alpha value is -2.10. The van der Waals surface area contributed by atoms with Crippen molar-refractivity contribution in [2.75, 3.05) is 5.43 Å². The molecule has 0 atom stereocenters. The normalized spacial score (nSPS) is 10.2. The van der Waals surface area contributed by atoms with Crippen LogP contribution in [0, 0.1) is 0 Å². The van der Waals surface area contributed by atoms with E-state index in [2.05, 4.69) is 17.1 Å². The van der Waals surface area contributed by atoms with E-state index >= 15 is 0 Å². The van der Waals surface area contributed by atoms with Gasteiger partial charge in [0.2, 0.25) is 0 Å². The lowest BCUT2D eigenvalue weighted by molar-refractivity contribution is 0.0697. The van der Waals surface area contributed by atoms with Gasteiger partial charge < -0.3 is 5.11 Å². The van der Waals surface area contributed by atoms with Crippen LogP contribution >= 0.6 is 0 Å². The second-order valence-corrected chi connectivity index (χ2v) is 3.10. The number of allylic oxidation sites excluding steroid dienone is 1. The molecular formula is C11H12N2O2. The van der Waals surface area contributed by atoms with Crippen molar-refractivity contribution >= 4 is 17.9 Å². The average molecular weight is 204 g/mol. The van der Waals surface area contributed by atoms with Crippen LogP contribution in [-0.4, -0.2) is 17.3 Å². The standard InChI is InChI=1S/C11H12N2O2/c1-8(2)7-12-13-10-5-3-9(4-6-10)11(14)15/h3-7,13H,1H2,2H3,(H,14,15)/b12-7+. The van der Waals surface area contributed by atoms with Crippen molar-refractivity contribution in [3.05, 3.63) is 42.0 Å². The summed E-state index contributed by atoms with van der Waals surface area (Å²) < 4.78 is 0. The topological polar surface area (TPSA) is 61.7 Å². The van der Waals surface area contributed by atoms with E-state index in [0.717, 1.165) is 11.3 Å². The molecule has 4 nitrogen and oxygen atoms in total. The number of hydrazone groups is 1. The van der Waals surface area contributed by atoms with Gasteiger partial charge in [0.25, 0.3) is 0 Å². The van der Waals surface area contributed by atoms with Crippen molar-refractivity contribution in [2.24, 2.45) is 5.10 Å². The smallest absolute Gasteiger partial charge is 0.335 e. The first-order chi connectivity index (χ1) is 7.09. The Bertz CT molecular complexity index is 394. The van der Waals surface area contributed by atoms with E-state index in [9.17, 15) is 4.79 Å². The molecule has 0 spiro atoms. The molecule has 0 unspecified atom stereocenters. The van der Waals surface area contributed by atoms with Gasteiger partial charge >= 0.3 is 5.97 Å². The Kier molecular flexibility index (Phi) is 3.62. The number of hydrogen-bond donors (Lipinski definition) is 2. The van der Waals surface area contributed by atoms with Crippen LogP contribution in [-0.2, 0) is 0 Å². The lowest BCUT2D eigenvalue weighted by atomic mass is 10.2. The Morgan fingerprint density at radius 2 is 2.07 bits per heavy atom. The predicted molar refractivity (Wildman–Crippen MR) is 60.3 cm³/mol. The summed E-state index contributed by atoms with van der Waals surface area (Å²) in [6.45, 7) is 5.49. The number of carbonyl (C=O) groups is 1. The SMILES string of the molecule is C=C(C)/C=N/Nc1ccc(C(=O)O)cc1. The summed E-state index contributed by atoms with van der Waals surface area (Å²) in [5.41, 5.74) is 4.58. The molecule has 0 aromatic heterocycles. The van der Waals surface area contributed by atoms with Gasteiger partial charge in [0.05, 0.1) is 11.3 Å². The van der Waals surface area contributed by atoms with E-state index in [1.165, 1.54) is 12.1 Å². The zero-order valence-corrected chi connectivity index (χ0v) is 8.40. The summed E-state index contributed by atoms with van der Waals surface area (Å²) >= 11 is 0. The molecule has 0 fully saturated rings. The van der Waals surface area contributed by atoms with Gasteiger partial charge in [-0.25, -0.2) is 4.79 Å². The average Bonchev–Trinajstić information content (AvgIpc) is 2.18. The Labute approximate surface area is 87.9 Å². The number of benzene rings is 1. The summed E-state index contributed by atoms with van der Waals surface area (Å²) in [4.78, 5) is 10.6. The number of hydrogen-bond acceptors (Lipinski definition) is 3. The third-order valence-electron chi connectivity index (χ3n) is 1.61. The minimum atomic E-state index is -0.938. The van der Waals surface area contributed by atoms with E-state index < -0.39 is 5.97 Å². The zero-order chi connectivity index (χ0) is 11.3. The fourth-order valence-corrected chi connectivity index (χ4v) is 0.904. The molecule has 1 aromatic carbocycles. The lowest BCUT2D eigenvalue weighted by Gasteiger charge is -2.00. The van der Waals surface area contributed by atoms with Gasteiger partial charge in [-0.15, -0.1) is 0 Å². The third-order valence-corrected chi connectivity index (χ3v) is 1.61. The highest BCUT2D eigenvalue weighted by molar-refractivity contribution is 5.88. The molecule has 0 heterocycles. The Morgan fingerprint density at radius 3 is 2.53 bits per heavy atom. The summed E-state index contributed by atoms with van der Waals surface area (Å²) in [5.74, 6) is -0.938. The maximum atomic E-state index is 10.6. The maximum absolute atomic E-state index is 10.6.